The summed E-state index contributed by atoms with van der Waals surface area (Å²) in [5.74, 6) is -0.937. The normalized spacial score (nSPS) is 11.7. The smallest absolute Gasteiger partial charge is 0.418 e. The van der Waals surface area contributed by atoms with Crippen molar-refractivity contribution in [2.75, 3.05) is 6.61 Å². The van der Waals surface area contributed by atoms with Crippen molar-refractivity contribution in [3.8, 4) is 5.69 Å². The summed E-state index contributed by atoms with van der Waals surface area (Å²) in [5.41, 5.74) is -2.60. The van der Waals surface area contributed by atoms with E-state index in [9.17, 15) is 22.8 Å². The Balaban J connectivity index is 2.28. The lowest BCUT2D eigenvalue weighted by Gasteiger charge is -2.15. The first kappa shape index (κ1) is 16.7. The minimum Gasteiger partial charge on any atom is -0.461 e. The van der Waals surface area contributed by atoms with Gasteiger partial charge < -0.3 is 14.3 Å². The first-order chi connectivity index (χ1) is 11.8. The van der Waals surface area contributed by atoms with Crippen LogP contribution in [0.1, 0.15) is 23.0 Å². The van der Waals surface area contributed by atoms with Gasteiger partial charge in [-0.1, -0.05) is 0 Å². The third-order valence-electron chi connectivity index (χ3n) is 3.47. The number of aromatic amines is 1. The Bertz CT molecular complexity index is 992. The van der Waals surface area contributed by atoms with E-state index in [1.54, 1.807) is 19.1 Å². The Morgan fingerprint density at radius 1 is 1.28 bits per heavy atom. The molecule has 0 unspecified atom stereocenters. The van der Waals surface area contributed by atoms with Crippen molar-refractivity contribution in [3.05, 3.63) is 58.3 Å². The molecular formula is C16H12F3N3O3. The molecule has 0 saturated carbocycles. The highest BCUT2D eigenvalue weighted by molar-refractivity contribution is 5.90. The van der Waals surface area contributed by atoms with E-state index in [2.05, 4.69) is 9.97 Å². The van der Waals surface area contributed by atoms with E-state index in [4.69, 9.17) is 4.74 Å². The highest BCUT2D eigenvalue weighted by atomic mass is 19.4. The lowest BCUT2D eigenvalue weighted by molar-refractivity contribution is -0.137. The van der Waals surface area contributed by atoms with Crippen LogP contribution in [0, 0.1) is 0 Å². The van der Waals surface area contributed by atoms with Crippen LogP contribution in [0.5, 0.6) is 0 Å². The quantitative estimate of drug-likeness (QED) is 0.736. The van der Waals surface area contributed by atoms with Crippen LogP contribution in [0.3, 0.4) is 0 Å². The number of fused-ring (bicyclic) bond motifs is 1. The maximum Gasteiger partial charge on any atom is 0.418 e. The van der Waals surface area contributed by atoms with Gasteiger partial charge in [0.2, 0.25) is 5.69 Å². The van der Waals surface area contributed by atoms with E-state index in [-0.39, 0.29) is 23.3 Å². The third kappa shape index (κ3) is 3.12. The number of hydrogen-bond donors (Lipinski definition) is 1. The molecule has 3 rings (SSSR count). The molecule has 0 aliphatic carbocycles. The van der Waals surface area contributed by atoms with E-state index in [1.165, 1.54) is 17.0 Å². The van der Waals surface area contributed by atoms with Crippen molar-refractivity contribution in [1.29, 1.82) is 0 Å². The number of halogens is 3. The molecule has 0 radical (unpaired) electrons. The molecule has 0 saturated heterocycles. The standard InChI is InChI=1S/C16H12F3N3O3/c1-2-25-15(24)13-14(23)21-10-7-9(16(17,18)19)12(8-11(10)20-13)22-5-3-4-6-22/h3-8H,2H2,1H3,(H,21,23). The molecule has 0 amide bonds. The van der Waals surface area contributed by atoms with Gasteiger partial charge in [0.05, 0.1) is 28.9 Å². The van der Waals surface area contributed by atoms with E-state index in [1.807, 2.05) is 0 Å². The molecule has 130 valence electrons. The second kappa shape index (κ2) is 6.08. The molecule has 0 aliphatic heterocycles. The van der Waals surface area contributed by atoms with Crippen LogP contribution in [0.2, 0.25) is 0 Å². The van der Waals surface area contributed by atoms with Gasteiger partial charge in [0, 0.05) is 12.4 Å². The molecule has 1 N–H and O–H groups in total. The van der Waals surface area contributed by atoms with Crippen LogP contribution in [-0.4, -0.2) is 27.1 Å². The topological polar surface area (TPSA) is 77.0 Å². The molecule has 9 heteroatoms. The molecular weight excluding hydrogens is 339 g/mol. The molecule has 0 atom stereocenters. The van der Waals surface area contributed by atoms with Gasteiger partial charge in [0.15, 0.2) is 0 Å². The summed E-state index contributed by atoms with van der Waals surface area (Å²) >= 11 is 0. The van der Waals surface area contributed by atoms with Gasteiger partial charge in [0.25, 0.3) is 5.56 Å². The molecule has 0 spiro atoms. The van der Waals surface area contributed by atoms with Crippen LogP contribution in [-0.2, 0) is 10.9 Å². The van der Waals surface area contributed by atoms with Gasteiger partial charge in [-0.15, -0.1) is 0 Å². The van der Waals surface area contributed by atoms with Gasteiger partial charge in [0.1, 0.15) is 0 Å². The third-order valence-corrected chi connectivity index (χ3v) is 3.47. The Hall–Kier alpha value is -3.10. The zero-order chi connectivity index (χ0) is 18.2. The van der Waals surface area contributed by atoms with E-state index in [0.29, 0.717) is 0 Å². The van der Waals surface area contributed by atoms with Gasteiger partial charge in [-0.25, -0.2) is 9.78 Å². The molecule has 25 heavy (non-hydrogen) atoms. The van der Waals surface area contributed by atoms with E-state index >= 15 is 0 Å². The number of esters is 1. The SMILES string of the molecule is CCOC(=O)c1nc2cc(-n3cccc3)c(C(F)(F)F)cc2[nH]c1=O. The summed E-state index contributed by atoms with van der Waals surface area (Å²) in [6, 6.07) is 5.12. The fourth-order valence-electron chi connectivity index (χ4n) is 2.40. The van der Waals surface area contributed by atoms with E-state index in [0.717, 1.165) is 12.1 Å². The van der Waals surface area contributed by atoms with Gasteiger partial charge in [-0.05, 0) is 31.2 Å². The van der Waals surface area contributed by atoms with Crippen molar-refractivity contribution in [1.82, 2.24) is 14.5 Å². The Morgan fingerprint density at radius 3 is 2.56 bits per heavy atom. The number of aromatic nitrogens is 3. The molecule has 1 aromatic carbocycles. The lowest BCUT2D eigenvalue weighted by atomic mass is 10.1. The minimum absolute atomic E-state index is 0.0411. The number of carbonyl (C=O) groups excluding carboxylic acids is 1. The average Bonchev–Trinajstić information content (AvgIpc) is 3.06. The zero-order valence-electron chi connectivity index (χ0n) is 12.9. The number of alkyl halides is 3. The molecule has 3 aromatic rings. The second-order valence-electron chi connectivity index (χ2n) is 5.11. The number of nitrogens with one attached hydrogen (secondary N) is 1. The predicted molar refractivity (Wildman–Crippen MR) is 82.6 cm³/mol. The Labute approximate surface area is 138 Å². The second-order valence-corrected chi connectivity index (χ2v) is 5.11. The summed E-state index contributed by atoms with van der Waals surface area (Å²) in [6.07, 6.45) is -1.73. The van der Waals surface area contributed by atoms with Crippen LogP contribution >= 0.6 is 0 Å². The largest absolute Gasteiger partial charge is 0.461 e. The average molecular weight is 351 g/mol. The number of benzene rings is 1. The molecule has 2 aromatic heterocycles. The molecule has 0 aliphatic rings. The lowest BCUT2D eigenvalue weighted by Crippen LogP contribution is -2.22. The maximum absolute atomic E-state index is 13.4. The first-order valence-electron chi connectivity index (χ1n) is 7.27. The van der Waals surface area contributed by atoms with Crippen LogP contribution in [0.25, 0.3) is 16.7 Å². The fourth-order valence-corrected chi connectivity index (χ4v) is 2.40. The van der Waals surface area contributed by atoms with Gasteiger partial charge in [-0.2, -0.15) is 13.2 Å². The van der Waals surface area contributed by atoms with Crippen LogP contribution < -0.4 is 5.56 Å². The predicted octanol–water partition coefficient (Wildman–Crippen LogP) is 2.91. The number of rotatable bonds is 3. The summed E-state index contributed by atoms with van der Waals surface area (Å²) < 4.78 is 46.1. The molecule has 2 heterocycles. The van der Waals surface area contributed by atoms with Crippen LogP contribution in [0.4, 0.5) is 13.2 Å². The van der Waals surface area contributed by atoms with Crippen LogP contribution in [0.15, 0.2) is 41.5 Å². The highest BCUT2D eigenvalue weighted by Crippen LogP contribution is 2.35. The molecule has 6 nitrogen and oxygen atoms in total. The first-order valence-corrected chi connectivity index (χ1v) is 7.27. The zero-order valence-corrected chi connectivity index (χ0v) is 12.9. The number of H-pyrrole nitrogens is 1. The minimum atomic E-state index is -4.63. The number of carbonyl (C=O) groups is 1. The number of ether oxygens (including phenoxy) is 1. The van der Waals surface area contributed by atoms with Gasteiger partial charge in [-0.3, -0.25) is 4.79 Å². The van der Waals surface area contributed by atoms with Crippen molar-refractivity contribution >= 4 is 17.0 Å². The summed E-state index contributed by atoms with van der Waals surface area (Å²) in [4.78, 5) is 29.8. The molecule has 0 fully saturated rings. The van der Waals surface area contributed by atoms with Crippen molar-refractivity contribution < 1.29 is 22.7 Å². The Kier molecular flexibility index (Phi) is 4.07. The van der Waals surface area contributed by atoms with E-state index < -0.39 is 29.0 Å². The Morgan fingerprint density at radius 2 is 1.96 bits per heavy atom. The van der Waals surface area contributed by atoms with Crippen molar-refractivity contribution in [2.24, 2.45) is 0 Å². The fraction of sp³-hybridized carbons (Fsp3) is 0.188. The van der Waals surface area contributed by atoms with Gasteiger partial charge >= 0.3 is 12.1 Å². The van der Waals surface area contributed by atoms with Crippen molar-refractivity contribution in [2.45, 2.75) is 13.1 Å². The summed E-state index contributed by atoms with van der Waals surface area (Å²) in [5, 5.41) is 0. The summed E-state index contributed by atoms with van der Waals surface area (Å²) in [6.45, 7) is 1.60. The monoisotopic (exact) mass is 351 g/mol. The number of nitrogens with zero attached hydrogens (tertiary/aromatic N) is 2. The summed E-state index contributed by atoms with van der Waals surface area (Å²) in [7, 11) is 0. The molecule has 0 bridgehead atoms. The number of hydrogen-bond acceptors (Lipinski definition) is 4. The highest BCUT2D eigenvalue weighted by Gasteiger charge is 2.34. The van der Waals surface area contributed by atoms with Crippen molar-refractivity contribution in [3.63, 3.8) is 0 Å². The maximum atomic E-state index is 13.4.